The van der Waals surface area contributed by atoms with Gasteiger partial charge >= 0.3 is 12.1 Å². The zero-order valence-electron chi connectivity index (χ0n) is 24.5. The molecule has 1 fully saturated rings. The first-order valence-electron chi connectivity index (χ1n) is 14.8. The normalized spacial score (nSPS) is 20.6. The second-order valence-corrected chi connectivity index (χ2v) is 14.0. The summed E-state index contributed by atoms with van der Waals surface area (Å²) >= 11 is 0. The first-order chi connectivity index (χ1) is 21.4. The molecule has 2 atom stereocenters. The highest BCUT2D eigenvalue weighted by atomic mass is 32.2. The molecule has 1 saturated heterocycles. The molecule has 45 heavy (non-hydrogen) atoms. The molecule has 0 N–H and O–H groups in total. The largest absolute Gasteiger partial charge is 0.493 e. The van der Waals surface area contributed by atoms with Crippen molar-refractivity contribution in [1.29, 1.82) is 0 Å². The fourth-order valence-electron chi connectivity index (χ4n) is 6.40. The van der Waals surface area contributed by atoms with Crippen LogP contribution < -0.4 is 14.2 Å². The second kappa shape index (κ2) is 12.2. The van der Waals surface area contributed by atoms with Crippen LogP contribution in [-0.4, -0.2) is 46.2 Å². The minimum Gasteiger partial charge on any atom is -0.493 e. The van der Waals surface area contributed by atoms with Crippen LogP contribution in [0.15, 0.2) is 48.5 Å². The summed E-state index contributed by atoms with van der Waals surface area (Å²) in [6, 6.07) is 11.9. The average molecular weight is 649 g/mol. The van der Waals surface area contributed by atoms with Crippen molar-refractivity contribution in [3.05, 3.63) is 76.6 Å². The Hall–Kier alpha value is -3.80. The third-order valence-electron chi connectivity index (χ3n) is 8.80. The lowest BCUT2D eigenvalue weighted by Gasteiger charge is -2.22. The number of halogens is 4. The van der Waals surface area contributed by atoms with E-state index in [9.17, 15) is 26.4 Å². The summed E-state index contributed by atoms with van der Waals surface area (Å²) in [4.78, 5) is 11.7. The average Bonchev–Trinajstić information content (AvgIpc) is 3.60. The minimum absolute atomic E-state index is 0.0841. The molecule has 0 radical (unpaired) electrons. The highest BCUT2D eigenvalue weighted by Gasteiger charge is 2.40. The number of benzene rings is 3. The monoisotopic (exact) mass is 648 g/mol. The fourth-order valence-corrected chi connectivity index (χ4v) is 7.99. The van der Waals surface area contributed by atoms with Crippen LogP contribution in [0.4, 0.5) is 17.6 Å². The Morgan fingerprint density at radius 2 is 1.71 bits per heavy atom. The van der Waals surface area contributed by atoms with Crippen molar-refractivity contribution in [3.63, 3.8) is 0 Å². The van der Waals surface area contributed by atoms with Crippen LogP contribution >= 0.6 is 0 Å². The third kappa shape index (κ3) is 6.61. The Kier molecular flexibility index (Phi) is 8.45. The van der Waals surface area contributed by atoms with E-state index in [-0.39, 0.29) is 70.8 Å². The van der Waals surface area contributed by atoms with Crippen LogP contribution in [0.25, 0.3) is 11.1 Å². The lowest BCUT2D eigenvalue weighted by atomic mass is 9.91. The molecule has 0 bridgehead atoms. The molecule has 0 saturated carbocycles. The number of ether oxygens (including phenoxy) is 4. The van der Waals surface area contributed by atoms with Gasteiger partial charge in [-0.2, -0.15) is 13.2 Å². The lowest BCUT2D eigenvalue weighted by molar-refractivity contribution is -0.141. The van der Waals surface area contributed by atoms with Crippen LogP contribution in [0.1, 0.15) is 60.0 Å². The van der Waals surface area contributed by atoms with E-state index in [1.165, 1.54) is 19.2 Å². The summed E-state index contributed by atoms with van der Waals surface area (Å²) in [6.07, 6.45) is -3.96. The number of rotatable bonds is 8. The van der Waals surface area contributed by atoms with E-state index in [1.54, 1.807) is 30.3 Å². The predicted octanol–water partition coefficient (Wildman–Crippen LogP) is 6.82. The minimum atomic E-state index is -4.79. The molecule has 2 heterocycles. The zero-order valence-corrected chi connectivity index (χ0v) is 25.3. The summed E-state index contributed by atoms with van der Waals surface area (Å²) in [5, 5.41) is 0. The molecule has 3 aliphatic rings. The summed E-state index contributed by atoms with van der Waals surface area (Å²) < 4.78 is 104. The van der Waals surface area contributed by atoms with Crippen LogP contribution in [0, 0.1) is 11.7 Å². The molecular formula is C33H32F4O7S. The molecule has 240 valence electrons. The predicted molar refractivity (Wildman–Crippen MR) is 157 cm³/mol. The van der Waals surface area contributed by atoms with Gasteiger partial charge in [0.05, 0.1) is 43.8 Å². The van der Waals surface area contributed by atoms with Gasteiger partial charge in [-0.15, -0.1) is 0 Å². The van der Waals surface area contributed by atoms with Gasteiger partial charge in [0.1, 0.15) is 39.0 Å². The number of carbonyl (C=O) groups is 1. The molecule has 6 rings (SSSR count). The molecule has 0 spiro atoms. The van der Waals surface area contributed by atoms with Crippen molar-refractivity contribution in [1.82, 2.24) is 0 Å². The summed E-state index contributed by atoms with van der Waals surface area (Å²) in [5.74, 6) is 0.189. The van der Waals surface area contributed by atoms with E-state index >= 15 is 4.39 Å². The van der Waals surface area contributed by atoms with E-state index in [2.05, 4.69) is 0 Å². The van der Waals surface area contributed by atoms with Crippen LogP contribution in [-0.2, 0) is 32.0 Å². The smallest absolute Gasteiger partial charge is 0.417 e. The topological polar surface area (TPSA) is 88.1 Å². The summed E-state index contributed by atoms with van der Waals surface area (Å²) in [5.41, 5.74) is 0.298. The fraction of sp³-hybridized carbons (Fsp3) is 0.424. The van der Waals surface area contributed by atoms with E-state index < -0.39 is 33.5 Å². The Balaban J connectivity index is 1.23. The number of hydrogen-bond acceptors (Lipinski definition) is 7. The first kappa shape index (κ1) is 31.2. The number of alkyl halides is 3. The number of esters is 1. The van der Waals surface area contributed by atoms with Gasteiger partial charge in [0.15, 0.2) is 0 Å². The second-order valence-electron chi connectivity index (χ2n) is 11.7. The van der Waals surface area contributed by atoms with Crippen molar-refractivity contribution in [3.8, 4) is 28.4 Å². The maximum Gasteiger partial charge on any atom is 0.417 e. The van der Waals surface area contributed by atoms with Gasteiger partial charge in [-0.05, 0) is 72.6 Å². The van der Waals surface area contributed by atoms with Gasteiger partial charge in [-0.3, -0.25) is 4.79 Å². The number of hydrogen-bond donors (Lipinski definition) is 0. The number of sulfone groups is 1. The molecule has 12 heteroatoms. The molecule has 2 aliphatic heterocycles. The van der Waals surface area contributed by atoms with Crippen molar-refractivity contribution < 1.29 is 49.7 Å². The maximum absolute atomic E-state index is 15.4. The SMILES string of the molecule is COC(=O)C[C@@H]1COc2cc(O[C@@H]3CCc4c(-c5ccc(OCC6CCS(=O)(=O)CC6)cc5)c(C(F)(F)F)cc(F)c43)ccc21. The van der Waals surface area contributed by atoms with E-state index in [0.29, 0.717) is 49.4 Å². The number of fused-ring (bicyclic) bond motifs is 2. The van der Waals surface area contributed by atoms with Gasteiger partial charge in [0.25, 0.3) is 0 Å². The molecule has 0 amide bonds. The van der Waals surface area contributed by atoms with Gasteiger partial charge in [0, 0.05) is 23.1 Å². The van der Waals surface area contributed by atoms with Gasteiger partial charge in [-0.1, -0.05) is 18.2 Å². The Bertz CT molecular complexity index is 1690. The van der Waals surface area contributed by atoms with Crippen LogP contribution in [0.3, 0.4) is 0 Å². The Labute approximate surface area is 258 Å². The van der Waals surface area contributed by atoms with Gasteiger partial charge in [-0.25, -0.2) is 12.8 Å². The summed E-state index contributed by atoms with van der Waals surface area (Å²) in [7, 11) is -1.67. The zero-order chi connectivity index (χ0) is 31.9. The van der Waals surface area contributed by atoms with Gasteiger partial charge in [0.2, 0.25) is 0 Å². The van der Waals surface area contributed by atoms with Crippen LogP contribution in [0.2, 0.25) is 0 Å². The molecule has 3 aromatic rings. The quantitative estimate of drug-likeness (QED) is 0.196. The highest BCUT2D eigenvalue weighted by Crippen LogP contribution is 2.48. The Morgan fingerprint density at radius 3 is 2.40 bits per heavy atom. The first-order valence-corrected chi connectivity index (χ1v) is 16.6. The van der Waals surface area contributed by atoms with Crippen LogP contribution in [0.5, 0.6) is 17.2 Å². The molecule has 7 nitrogen and oxygen atoms in total. The van der Waals surface area contributed by atoms with Gasteiger partial charge < -0.3 is 18.9 Å². The summed E-state index contributed by atoms with van der Waals surface area (Å²) in [6.45, 7) is 0.612. The Morgan fingerprint density at radius 1 is 1.00 bits per heavy atom. The number of carbonyl (C=O) groups excluding carboxylic acids is 1. The molecular weight excluding hydrogens is 616 g/mol. The van der Waals surface area contributed by atoms with Crippen molar-refractivity contribution in [2.24, 2.45) is 5.92 Å². The maximum atomic E-state index is 15.4. The molecule has 0 unspecified atom stereocenters. The highest BCUT2D eigenvalue weighted by molar-refractivity contribution is 7.91. The molecule has 0 aromatic heterocycles. The number of methoxy groups -OCH3 is 1. The van der Waals surface area contributed by atoms with Crippen molar-refractivity contribution >= 4 is 15.8 Å². The van der Waals surface area contributed by atoms with E-state index in [4.69, 9.17) is 18.9 Å². The molecule has 3 aromatic carbocycles. The van der Waals surface area contributed by atoms with E-state index in [0.717, 1.165) is 5.56 Å². The third-order valence-corrected chi connectivity index (χ3v) is 10.5. The van der Waals surface area contributed by atoms with E-state index in [1.807, 2.05) is 0 Å². The molecule has 1 aliphatic carbocycles. The van der Waals surface area contributed by atoms with Crippen molar-refractivity contribution in [2.75, 3.05) is 31.8 Å². The van der Waals surface area contributed by atoms with Crippen molar-refractivity contribution in [2.45, 2.75) is 50.3 Å². The lowest BCUT2D eigenvalue weighted by Crippen LogP contribution is -2.26. The standard InChI is InChI=1S/C33H32F4O7S/c1-41-30(38)14-21-18-43-29-15-23(6-7-24(21)29)44-28-9-8-25-31(26(33(35,36)37)16-27(34)32(25)28)20-2-4-22(5-3-20)42-17-19-10-12-45(39,40)13-11-19/h2-7,15-16,19,21,28H,8-14,17-18H2,1H3/t21-,28-/m1/s1.